The quantitative estimate of drug-likeness (QED) is 0.262. The Balaban J connectivity index is 1.68. The number of carbonyl (C=O) groups is 4. The lowest BCUT2D eigenvalue weighted by Crippen LogP contribution is -2.27. The highest BCUT2D eigenvalue weighted by atomic mass is 16.6. The molecule has 0 aliphatic carbocycles. The summed E-state index contributed by atoms with van der Waals surface area (Å²) in [6.45, 7) is 1.35. The molecule has 12 nitrogen and oxygen atoms in total. The van der Waals surface area contributed by atoms with E-state index in [4.69, 9.17) is 32.9 Å². The van der Waals surface area contributed by atoms with Gasteiger partial charge in [0.05, 0.1) is 13.0 Å². The SMILES string of the molecule is CCCc1ccc(CCC(=O)OCC(O)COC(=O)c2ccc(C(=O)OCC(CO)OC(C)=O)o2)o1. The fourth-order valence-electron chi connectivity index (χ4n) is 2.87. The zero-order chi connectivity index (χ0) is 26.5. The summed E-state index contributed by atoms with van der Waals surface area (Å²) in [5.41, 5.74) is 0. The van der Waals surface area contributed by atoms with Gasteiger partial charge in [0, 0.05) is 19.8 Å². The van der Waals surface area contributed by atoms with Crippen molar-refractivity contribution in [1.82, 2.24) is 0 Å². The maximum atomic E-state index is 12.1. The van der Waals surface area contributed by atoms with Crippen LogP contribution in [0.15, 0.2) is 33.1 Å². The van der Waals surface area contributed by atoms with Gasteiger partial charge in [0.2, 0.25) is 11.5 Å². The number of aliphatic hydroxyl groups is 2. The second-order valence-electron chi connectivity index (χ2n) is 7.73. The van der Waals surface area contributed by atoms with Crippen molar-refractivity contribution >= 4 is 23.9 Å². The van der Waals surface area contributed by atoms with Gasteiger partial charge in [-0.15, -0.1) is 0 Å². The molecule has 0 amide bonds. The Bertz CT molecular complexity index is 1000. The van der Waals surface area contributed by atoms with E-state index in [9.17, 15) is 24.3 Å². The molecule has 0 aromatic carbocycles. The average Bonchev–Trinajstić information content (AvgIpc) is 3.52. The molecule has 0 bridgehead atoms. The number of hydrogen-bond acceptors (Lipinski definition) is 12. The molecule has 0 saturated heterocycles. The number of aryl methyl sites for hydroxylation is 2. The lowest BCUT2D eigenvalue weighted by atomic mass is 10.2. The molecule has 198 valence electrons. The van der Waals surface area contributed by atoms with Crippen molar-refractivity contribution < 1.29 is 57.2 Å². The van der Waals surface area contributed by atoms with Gasteiger partial charge in [-0.1, -0.05) is 6.92 Å². The van der Waals surface area contributed by atoms with Crippen LogP contribution in [-0.4, -0.2) is 72.7 Å². The zero-order valence-electron chi connectivity index (χ0n) is 20.1. The maximum Gasteiger partial charge on any atom is 0.374 e. The molecule has 2 heterocycles. The molecule has 2 unspecified atom stereocenters. The van der Waals surface area contributed by atoms with Crippen molar-refractivity contribution in [2.75, 3.05) is 26.4 Å². The van der Waals surface area contributed by atoms with Gasteiger partial charge in [0.25, 0.3) is 0 Å². The highest BCUT2D eigenvalue weighted by Crippen LogP contribution is 2.13. The monoisotopic (exact) mass is 510 g/mol. The summed E-state index contributed by atoms with van der Waals surface area (Å²) >= 11 is 0. The molecule has 0 aliphatic rings. The Hall–Kier alpha value is -3.64. The van der Waals surface area contributed by atoms with Gasteiger partial charge in [0.15, 0.2) is 6.10 Å². The van der Waals surface area contributed by atoms with Gasteiger partial charge in [0.1, 0.15) is 37.4 Å². The molecule has 0 radical (unpaired) electrons. The Morgan fingerprint density at radius 3 is 2.03 bits per heavy atom. The molecular weight excluding hydrogens is 480 g/mol. The first-order valence-electron chi connectivity index (χ1n) is 11.3. The van der Waals surface area contributed by atoms with Crippen LogP contribution in [0.4, 0.5) is 0 Å². The van der Waals surface area contributed by atoms with Gasteiger partial charge in [-0.05, 0) is 30.7 Å². The number of ether oxygens (including phenoxy) is 4. The molecule has 0 fully saturated rings. The van der Waals surface area contributed by atoms with Crippen molar-refractivity contribution in [2.45, 2.75) is 51.7 Å². The van der Waals surface area contributed by atoms with Crippen LogP contribution in [0.5, 0.6) is 0 Å². The Morgan fingerprint density at radius 2 is 1.44 bits per heavy atom. The van der Waals surface area contributed by atoms with E-state index in [2.05, 4.69) is 0 Å². The molecule has 2 atom stereocenters. The molecule has 2 aromatic rings. The van der Waals surface area contributed by atoms with Crippen LogP contribution in [0.25, 0.3) is 0 Å². The molecule has 12 heteroatoms. The summed E-state index contributed by atoms with van der Waals surface area (Å²) in [6, 6.07) is 6.01. The third-order valence-corrected chi connectivity index (χ3v) is 4.58. The Morgan fingerprint density at radius 1 is 0.861 bits per heavy atom. The lowest BCUT2D eigenvalue weighted by Gasteiger charge is -2.13. The molecule has 0 saturated carbocycles. The van der Waals surface area contributed by atoms with Gasteiger partial charge < -0.3 is 38.0 Å². The van der Waals surface area contributed by atoms with Gasteiger partial charge in [-0.2, -0.15) is 0 Å². The highest BCUT2D eigenvalue weighted by molar-refractivity contribution is 5.90. The minimum Gasteiger partial charge on any atom is -0.466 e. The first-order chi connectivity index (χ1) is 17.2. The molecule has 0 aliphatic heterocycles. The first-order valence-corrected chi connectivity index (χ1v) is 11.3. The van der Waals surface area contributed by atoms with Crippen LogP contribution in [0.3, 0.4) is 0 Å². The van der Waals surface area contributed by atoms with E-state index in [0.717, 1.165) is 25.5 Å². The predicted octanol–water partition coefficient (Wildman–Crippen LogP) is 1.60. The van der Waals surface area contributed by atoms with E-state index in [1.165, 1.54) is 12.1 Å². The lowest BCUT2D eigenvalue weighted by molar-refractivity contribution is -0.151. The van der Waals surface area contributed by atoms with E-state index in [1.54, 1.807) is 6.07 Å². The second kappa shape index (κ2) is 14.7. The normalized spacial score (nSPS) is 12.4. The second-order valence-corrected chi connectivity index (χ2v) is 7.73. The third kappa shape index (κ3) is 9.92. The Kier molecular flexibility index (Phi) is 11.7. The van der Waals surface area contributed by atoms with Crippen LogP contribution >= 0.6 is 0 Å². The molecule has 2 aromatic heterocycles. The van der Waals surface area contributed by atoms with Crippen molar-refractivity contribution in [3.8, 4) is 0 Å². The van der Waals surface area contributed by atoms with Crippen LogP contribution in [0, 0.1) is 0 Å². The van der Waals surface area contributed by atoms with Crippen LogP contribution < -0.4 is 0 Å². The van der Waals surface area contributed by atoms with Crippen LogP contribution in [0.1, 0.15) is 59.3 Å². The molecule has 0 spiro atoms. The minimum atomic E-state index is -1.27. The number of hydrogen-bond donors (Lipinski definition) is 2. The minimum absolute atomic E-state index is 0.0663. The fraction of sp³-hybridized carbons (Fsp3) is 0.500. The van der Waals surface area contributed by atoms with E-state index in [0.29, 0.717) is 12.2 Å². The number of furan rings is 2. The standard InChI is InChI=1S/C24H30O12/c1-3-4-17-5-6-18(35-17)7-10-22(28)31-12-16(27)13-32-23(29)20-8-9-21(36-20)24(30)33-14-19(11-25)34-15(2)26/h5-6,8-9,16,19,25,27H,3-4,7,10-14H2,1-2H3. The fourth-order valence-corrected chi connectivity index (χ4v) is 2.87. The summed E-state index contributed by atoms with van der Waals surface area (Å²) in [4.78, 5) is 46.8. The summed E-state index contributed by atoms with van der Waals surface area (Å²) < 4.78 is 30.1. The van der Waals surface area contributed by atoms with Crippen LogP contribution in [0.2, 0.25) is 0 Å². The summed E-state index contributed by atoms with van der Waals surface area (Å²) in [5.74, 6) is -2.24. The van der Waals surface area contributed by atoms with E-state index >= 15 is 0 Å². The highest BCUT2D eigenvalue weighted by Gasteiger charge is 2.21. The first kappa shape index (κ1) is 28.6. The summed E-state index contributed by atoms with van der Waals surface area (Å²) in [5, 5.41) is 19.0. The zero-order valence-corrected chi connectivity index (χ0v) is 20.1. The maximum absolute atomic E-state index is 12.1. The van der Waals surface area contributed by atoms with E-state index < -0.39 is 55.9 Å². The summed E-state index contributed by atoms with van der Waals surface area (Å²) in [7, 11) is 0. The van der Waals surface area contributed by atoms with Gasteiger partial charge in [-0.25, -0.2) is 9.59 Å². The Labute approximate surface area is 207 Å². The van der Waals surface area contributed by atoms with E-state index in [-0.39, 0.29) is 24.5 Å². The van der Waals surface area contributed by atoms with Crippen LogP contribution in [-0.2, 0) is 41.4 Å². The molecule has 36 heavy (non-hydrogen) atoms. The average molecular weight is 510 g/mol. The number of carbonyl (C=O) groups excluding carboxylic acids is 4. The van der Waals surface area contributed by atoms with Crippen molar-refractivity contribution in [3.05, 3.63) is 47.3 Å². The largest absolute Gasteiger partial charge is 0.466 e. The number of esters is 4. The third-order valence-electron chi connectivity index (χ3n) is 4.58. The van der Waals surface area contributed by atoms with Gasteiger partial charge in [-0.3, -0.25) is 9.59 Å². The van der Waals surface area contributed by atoms with Crippen molar-refractivity contribution in [2.24, 2.45) is 0 Å². The number of aliphatic hydroxyl groups excluding tert-OH is 2. The van der Waals surface area contributed by atoms with Gasteiger partial charge >= 0.3 is 23.9 Å². The van der Waals surface area contributed by atoms with E-state index in [1.807, 2.05) is 13.0 Å². The predicted molar refractivity (Wildman–Crippen MR) is 120 cm³/mol. The number of rotatable bonds is 15. The van der Waals surface area contributed by atoms with Crippen molar-refractivity contribution in [3.63, 3.8) is 0 Å². The topological polar surface area (TPSA) is 172 Å². The molecule has 2 rings (SSSR count). The smallest absolute Gasteiger partial charge is 0.374 e. The summed E-state index contributed by atoms with van der Waals surface area (Å²) in [6.07, 6.45) is -0.103. The molecular formula is C24H30O12. The van der Waals surface area contributed by atoms with Crippen molar-refractivity contribution in [1.29, 1.82) is 0 Å². The molecule has 2 N–H and O–H groups in total.